The lowest BCUT2D eigenvalue weighted by molar-refractivity contribution is -0.118. The van der Waals surface area contributed by atoms with Gasteiger partial charge < -0.3 is 19.2 Å². The average molecular weight is 461 g/mol. The molecule has 1 fully saturated rings. The summed E-state index contributed by atoms with van der Waals surface area (Å²) in [4.78, 5) is 25.7. The summed E-state index contributed by atoms with van der Waals surface area (Å²) < 4.78 is 18.1. The Balaban J connectivity index is 1.38. The lowest BCUT2D eigenvalue weighted by Crippen LogP contribution is -2.40. The minimum Gasteiger partial charge on any atom is -0.493 e. The highest BCUT2D eigenvalue weighted by atomic mass is 16.5. The predicted octanol–water partition coefficient (Wildman–Crippen LogP) is 4.65. The molecule has 0 aliphatic carbocycles. The minimum absolute atomic E-state index is 0.0584. The van der Waals surface area contributed by atoms with Crippen LogP contribution in [0, 0.1) is 6.92 Å². The zero-order valence-electron chi connectivity index (χ0n) is 19.6. The molecule has 0 radical (unpaired) electrons. The number of rotatable bonds is 7. The standard InChI is InChI=1S/C26H28N4O4/c1-16-10-18-4-5-20(11-22(18)29-16)34-26-21-12-24(32-3)25(13-23(21)27-15-28-26)33-19-6-8-30(9-7-19)14-17(2)31/h4-5,10-13,15,19,29H,6-9,14H2,1-3H3. The number of H-pyrrole nitrogens is 1. The topological polar surface area (TPSA) is 89.6 Å². The molecule has 0 spiro atoms. The number of carbonyl (C=O) groups excluding carboxylic acids is 1. The van der Waals surface area contributed by atoms with E-state index in [9.17, 15) is 4.79 Å². The maximum Gasteiger partial charge on any atom is 0.230 e. The number of aryl methyl sites for hydroxylation is 1. The van der Waals surface area contributed by atoms with Gasteiger partial charge in [0, 0.05) is 36.4 Å². The second-order valence-corrected chi connectivity index (χ2v) is 8.80. The number of carbonyl (C=O) groups is 1. The van der Waals surface area contributed by atoms with E-state index < -0.39 is 0 Å². The summed E-state index contributed by atoms with van der Waals surface area (Å²) in [6.07, 6.45) is 3.26. The van der Waals surface area contributed by atoms with Crippen LogP contribution >= 0.6 is 0 Å². The number of likely N-dealkylation sites (tertiary alicyclic amines) is 1. The number of fused-ring (bicyclic) bond motifs is 2. The van der Waals surface area contributed by atoms with Crippen LogP contribution in [0.3, 0.4) is 0 Å². The lowest BCUT2D eigenvalue weighted by Gasteiger charge is -2.31. The molecule has 2 aromatic heterocycles. The van der Waals surface area contributed by atoms with Crippen LogP contribution in [-0.4, -0.2) is 58.5 Å². The second kappa shape index (κ2) is 9.30. The predicted molar refractivity (Wildman–Crippen MR) is 130 cm³/mol. The van der Waals surface area contributed by atoms with E-state index in [0.29, 0.717) is 35.2 Å². The molecular formula is C26H28N4O4. The van der Waals surface area contributed by atoms with Crippen LogP contribution in [0.15, 0.2) is 42.7 Å². The van der Waals surface area contributed by atoms with Crippen molar-refractivity contribution in [1.29, 1.82) is 0 Å². The Morgan fingerprint density at radius 2 is 1.94 bits per heavy atom. The zero-order valence-corrected chi connectivity index (χ0v) is 19.6. The summed E-state index contributed by atoms with van der Waals surface area (Å²) in [6.45, 7) is 5.83. The normalized spacial score (nSPS) is 15.0. The Bertz CT molecular complexity index is 1340. The van der Waals surface area contributed by atoms with Gasteiger partial charge in [0.25, 0.3) is 0 Å². The molecular weight excluding hydrogens is 432 g/mol. The SMILES string of the molecule is COc1cc2c(Oc3ccc4cc(C)[nH]c4c3)ncnc2cc1OC1CCN(CC(C)=O)CC1. The molecule has 8 nitrogen and oxygen atoms in total. The molecule has 0 saturated carbocycles. The largest absolute Gasteiger partial charge is 0.493 e. The first-order valence-corrected chi connectivity index (χ1v) is 11.5. The van der Waals surface area contributed by atoms with E-state index in [1.807, 2.05) is 37.3 Å². The molecule has 1 N–H and O–H groups in total. The molecule has 0 amide bonds. The van der Waals surface area contributed by atoms with Crippen molar-refractivity contribution in [3.63, 3.8) is 0 Å². The molecule has 0 atom stereocenters. The summed E-state index contributed by atoms with van der Waals surface area (Å²) in [5.74, 6) is 2.58. The van der Waals surface area contributed by atoms with Crippen molar-refractivity contribution in [3.8, 4) is 23.1 Å². The Labute approximate surface area is 197 Å². The van der Waals surface area contributed by atoms with Crippen molar-refractivity contribution >= 4 is 27.6 Å². The van der Waals surface area contributed by atoms with E-state index in [1.54, 1.807) is 14.0 Å². The number of ketones is 1. The summed E-state index contributed by atoms with van der Waals surface area (Å²) >= 11 is 0. The van der Waals surface area contributed by atoms with Gasteiger partial charge in [-0.2, -0.15) is 0 Å². The quantitative estimate of drug-likeness (QED) is 0.429. The van der Waals surface area contributed by atoms with Crippen molar-refractivity contribution in [2.75, 3.05) is 26.7 Å². The van der Waals surface area contributed by atoms with Gasteiger partial charge in [-0.05, 0) is 56.3 Å². The molecule has 8 heteroatoms. The molecule has 0 unspecified atom stereocenters. The van der Waals surface area contributed by atoms with Crippen molar-refractivity contribution < 1.29 is 19.0 Å². The van der Waals surface area contributed by atoms with Gasteiger partial charge in [-0.25, -0.2) is 9.97 Å². The molecule has 4 aromatic rings. The fourth-order valence-electron chi connectivity index (χ4n) is 4.48. The summed E-state index contributed by atoms with van der Waals surface area (Å²) in [5.41, 5.74) is 2.82. The van der Waals surface area contributed by atoms with Gasteiger partial charge in [0.2, 0.25) is 5.88 Å². The smallest absolute Gasteiger partial charge is 0.230 e. The Morgan fingerprint density at radius 1 is 1.12 bits per heavy atom. The van der Waals surface area contributed by atoms with Crippen molar-refractivity contribution in [1.82, 2.24) is 19.9 Å². The van der Waals surface area contributed by atoms with E-state index >= 15 is 0 Å². The molecule has 5 rings (SSSR count). The van der Waals surface area contributed by atoms with Gasteiger partial charge in [0.05, 0.1) is 24.6 Å². The van der Waals surface area contributed by atoms with Crippen LogP contribution in [0.5, 0.6) is 23.1 Å². The number of hydrogen-bond donors (Lipinski definition) is 1. The molecule has 3 heterocycles. The van der Waals surface area contributed by atoms with E-state index in [2.05, 4.69) is 25.9 Å². The first-order chi connectivity index (χ1) is 16.5. The Morgan fingerprint density at radius 3 is 2.71 bits per heavy atom. The number of aromatic nitrogens is 3. The number of benzene rings is 2. The van der Waals surface area contributed by atoms with Gasteiger partial charge >= 0.3 is 0 Å². The van der Waals surface area contributed by atoms with Crippen LogP contribution in [0.25, 0.3) is 21.8 Å². The fraction of sp³-hybridized carbons (Fsp3) is 0.346. The van der Waals surface area contributed by atoms with E-state index in [-0.39, 0.29) is 11.9 Å². The third-order valence-corrected chi connectivity index (χ3v) is 6.10. The van der Waals surface area contributed by atoms with Crippen LogP contribution < -0.4 is 14.2 Å². The first-order valence-electron chi connectivity index (χ1n) is 11.5. The Kier molecular flexibility index (Phi) is 6.06. The van der Waals surface area contributed by atoms with Crippen molar-refractivity contribution in [2.24, 2.45) is 0 Å². The van der Waals surface area contributed by atoms with Gasteiger partial charge in [0.15, 0.2) is 11.5 Å². The number of nitrogens with zero attached hydrogens (tertiary/aromatic N) is 3. The van der Waals surface area contributed by atoms with E-state index in [1.165, 1.54) is 6.33 Å². The zero-order chi connectivity index (χ0) is 23.7. The number of methoxy groups -OCH3 is 1. The molecule has 2 aromatic carbocycles. The average Bonchev–Trinajstić information content (AvgIpc) is 3.19. The highest BCUT2D eigenvalue weighted by molar-refractivity contribution is 5.87. The number of aromatic amines is 1. The highest BCUT2D eigenvalue weighted by Crippen LogP contribution is 2.37. The molecule has 1 aliphatic rings. The van der Waals surface area contributed by atoms with E-state index in [4.69, 9.17) is 14.2 Å². The number of piperidine rings is 1. The van der Waals surface area contributed by atoms with Gasteiger partial charge in [-0.3, -0.25) is 9.69 Å². The fourth-order valence-corrected chi connectivity index (χ4v) is 4.48. The second-order valence-electron chi connectivity index (χ2n) is 8.80. The molecule has 1 saturated heterocycles. The Hall–Kier alpha value is -3.65. The monoisotopic (exact) mass is 460 g/mol. The number of hydrogen-bond acceptors (Lipinski definition) is 7. The van der Waals surface area contributed by atoms with Crippen molar-refractivity contribution in [3.05, 3.63) is 48.4 Å². The first kappa shape index (κ1) is 22.2. The van der Waals surface area contributed by atoms with Crippen LogP contribution in [0.1, 0.15) is 25.5 Å². The third-order valence-electron chi connectivity index (χ3n) is 6.10. The number of Topliss-reactive ketones (excluding diaryl/α,β-unsaturated/α-hetero) is 1. The van der Waals surface area contributed by atoms with Crippen molar-refractivity contribution in [2.45, 2.75) is 32.8 Å². The molecule has 0 bridgehead atoms. The summed E-state index contributed by atoms with van der Waals surface area (Å²) in [7, 11) is 1.62. The molecule has 34 heavy (non-hydrogen) atoms. The summed E-state index contributed by atoms with van der Waals surface area (Å²) in [6, 6.07) is 11.7. The minimum atomic E-state index is 0.0584. The molecule has 1 aliphatic heterocycles. The maximum atomic E-state index is 11.4. The van der Waals surface area contributed by atoms with Crippen LogP contribution in [0.2, 0.25) is 0 Å². The van der Waals surface area contributed by atoms with Gasteiger partial charge in [-0.1, -0.05) is 0 Å². The van der Waals surface area contributed by atoms with E-state index in [0.717, 1.165) is 47.9 Å². The van der Waals surface area contributed by atoms with Gasteiger partial charge in [0.1, 0.15) is 24.0 Å². The maximum absolute atomic E-state index is 11.4. The van der Waals surface area contributed by atoms with Crippen LogP contribution in [0.4, 0.5) is 0 Å². The lowest BCUT2D eigenvalue weighted by atomic mass is 10.1. The molecule has 176 valence electrons. The van der Waals surface area contributed by atoms with Crippen LogP contribution in [-0.2, 0) is 4.79 Å². The summed E-state index contributed by atoms with van der Waals surface area (Å²) in [5, 5.41) is 1.87. The number of nitrogens with one attached hydrogen (secondary N) is 1. The third kappa shape index (κ3) is 4.68. The highest BCUT2D eigenvalue weighted by Gasteiger charge is 2.23. The number of ether oxygens (including phenoxy) is 3. The van der Waals surface area contributed by atoms with Gasteiger partial charge in [-0.15, -0.1) is 0 Å².